The summed E-state index contributed by atoms with van der Waals surface area (Å²) in [5, 5.41) is 13.8. The van der Waals surface area contributed by atoms with E-state index in [0.717, 1.165) is 0 Å². The molecular weight excluding hydrogens is 271 g/mol. The smallest absolute Gasteiger partial charge is 0.311 e. The maximum Gasteiger partial charge on any atom is 0.311 e. The molecule has 19 heavy (non-hydrogen) atoms. The van der Waals surface area contributed by atoms with Gasteiger partial charge in [-0.05, 0) is 42.8 Å². The lowest BCUT2D eigenvalue weighted by Crippen LogP contribution is -1.98. The average molecular weight is 281 g/mol. The van der Waals surface area contributed by atoms with Crippen molar-refractivity contribution in [2.24, 2.45) is 0 Å². The number of rotatable bonds is 3. The fraction of sp³-hybridized carbons (Fsp3) is 0.0769. The molecule has 2 aromatic rings. The Kier molecular flexibility index (Phi) is 3.66. The Hall–Kier alpha value is -2.14. The third kappa shape index (κ3) is 3.00. The zero-order valence-corrected chi connectivity index (χ0v) is 10.7. The lowest BCUT2D eigenvalue weighted by molar-refractivity contribution is -0.383. The number of benzene rings is 2. The van der Waals surface area contributed by atoms with Crippen LogP contribution < -0.4 is 5.32 Å². The highest BCUT2D eigenvalue weighted by molar-refractivity contribution is 6.33. The van der Waals surface area contributed by atoms with E-state index in [9.17, 15) is 14.5 Å². The highest BCUT2D eigenvalue weighted by atomic mass is 35.5. The van der Waals surface area contributed by atoms with Crippen molar-refractivity contribution in [1.29, 1.82) is 0 Å². The quantitative estimate of drug-likeness (QED) is 0.668. The van der Waals surface area contributed by atoms with Gasteiger partial charge in [0.2, 0.25) is 0 Å². The SMILES string of the molecule is Cc1cc(F)cc(Nc2cccc(Cl)c2[N+](=O)[O-])c1. The Morgan fingerprint density at radius 1 is 1.32 bits per heavy atom. The van der Waals surface area contributed by atoms with Gasteiger partial charge in [-0.1, -0.05) is 17.7 Å². The first-order valence-corrected chi connectivity index (χ1v) is 5.82. The predicted molar refractivity (Wildman–Crippen MR) is 72.5 cm³/mol. The first kappa shape index (κ1) is 13.3. The second-order valence-electron chi connectivity index (χ2n) is 4.04. The molecule has 6 heteroatoms. The molecule has 0 bridgehead atoms. The molecule has 0 saturated carbocycles. The second-order valence-corrected chi connectivity index (χ2v) is 4.44. The molecule has 0 aliphatic heterocycles. The Balaban J connectivity index is 2.43. The summed E-state index contributed by atoms with van der Waals surface area (Å²) in [4.78, 5) is 10.4. The predicted octanol–water partition coefficient (Wildman–Crippen LogP) is 4.44. The Morgan fingerprint density at radius 2 is 2.05 bits per heavy atom. The molecule has 2 aromatic carbocycles. The molecule has 0 amide bonds. The number of nitro groups is 1. The first-order chi connectivity index (χ1) is 8.97. The molecule has 4 nitrogen and oxygen atoms in total. The van der Waals surface area contributed by atoms with Crippen LogP contribution in [0.15, 0.2) is 36.4 Å². The largest absolute Gasteiger partial charge is 0.350 e. The summed E-state index contributed by atoms with van der Waals surface area (Å²) in [6.07, 6.45) is 0. The molecule has 0 atom stereocenters. The molecule has 0 aromatic heterocycles. The molecular formula is C13H10ClFN2O2. The van der Waals surface area contributed by atoms with E-state index < -0.39 is 10.7 Å². The van der Waals surface area contributed by atoms with Gasteiger partial charge in [-0.2, -0.15) is 0 Å². The summed E-state index contributed by atoms with van der Waals surface area (Å²) in [6.45, 7) is 1.74. The van der Waals surface area contributed by atoms with Crippen molar-refractivity contribution in [1.82, 2.24) is 0 Å². The summed E-state index contributed by atoms with van der Waals surface area (Å²) in [5.74, 6) is -0.410. The van der Waals surface area contributed by atoms with Gasteiger partial charge < -0.3 is 5.32 Å². The Bertz CT molecular complexity index is 626. The van der Waals surface area contributed by atoms with E-state index in [1.54, 1.807) is 19.1 Å². The lowest BCUT2D eigenvalue weighted by atomic mass is 10.2. The monoisotopic (exact) mass is 280 g/mol. The van der Waals surface area contributed by atoms with Gasteiger partial charge in [0.25, 0.3) is 0 Å². The van der Waals surface area contributed by atoms with Crippen molar-refractivity contribution in [2.75, 3.05) is 5.32 Å². The van der Waals surface area contributed by atoms with Crippen LogP contribution in [0.2, 0.25) is 5.02 Å². The van der Waals surface area contributed by atoms with Crippen LogP contribution in [0, 0.1) is 22.9 Å². The molecule has 0 unspecified atom stereocenters. The van der Waals surface area contributed by atoms with Gasteiger partial charge >= 0.3 is 5.69 Å². The van der Waals surface area contributed by atoms with Gasteiger partial charge in [-0.3, -0.25) is 10.1 Å². The molecule has 0 saturated heterocycles. The van der Waals surface area contributed by atoms with Crippen molar-refractivity contribution in [3.8, 4) is 0 Å². The van der Waals surface area contributed by atoms with E-state index >= 15 is 0 Å². The molecule has 0 fully saturated rings. The summed E-state index contributed by atoms with van der Waals surface area (Å²) < 4.78 is 13.3. The molecule has 2 rings (SSSR count). The fourth-order valence-electron chi connectivity index (χ4n) is 1.77. The highest BCUT2D eigenvalue weighted by Gasteiger charge is 2.18. The number of nitrogens with one attached hydrogen (secondary N) is 1. The number of anilines is 2. The topological polar surface area (TPSA) is 55.2 Å². The summed E-state index contributed by atoms with van der Waals surface area (Å²) in [7, 11) is 0. The minimum atomic E-state index is -0.573. The number of hydrogen-bond acceptors (Lipinski definition) is 3. The number of halogens is 2. The highest BCUT2D eigenvalue weighted by Crippen LogP contribution is 2.34. The van der Waals surface area contributed by atoms with Crippen LogP contribution in [0.5, 0.6) is 0 Å². The number of nitrogens with zero attached hydrogens (tertiary/aromatic N) is 1. The average Bonchev–Trinajstić information content (AvgIpc) is 2.26. The molecule has 0 aliphatic carbocycles. The van der Waals surface area contributed by atoms with Crippen molar-refractivity contribution in [3.05, 3.63) is 62.9 Å². The van der Waals surface area contributed by atoms with Crippen molar-refractivity contribution < 1.29 is 9.31 Å². The normalized spacial score (nSPS) is 10.3. The van der Waals surface area contributed by atoms with Gasteiger partial charge in [0.1, 0.15) is 16.5 Å². The van der Waals surface area contributed by atoms with Crippen LogP contribution in [0.3, 0.4) is 0 Å². The third-order valence-corrected chi connectivity index (χ3v) is 2.80. The van der Waals surface area contributed by atoms with E-state index in [-0.39, 0.29) is 16.4 Å². The number of nitro benzene ring substituents is 1. The number of hydrogen-bond donors (Lipinski definition) is 1. The van der Waals surface area contributed by atoms with Gasteiger partial charge in [0.05, 0.1) is 4.92 Å². The third-order valence-electron chi connectivity index (χ3n) is 2.49. The zero-order chi connectivity index (χ0) is 14.0. The van der Waals surface area contributed by atoms with Crippen molar-refractivity contribution in [3.63, 3.8) is 0 Å². The Morgan fingerprint density at radius 3 is 2.68 bits per heavy atom. The fourth-order valence-corrected chi connectivity index (χ4v) is 2.01. The summed E-state index contributed by atoms with van der Waals surface area (Å²) >= 11 is 5.80. The minimum absolute atomic E-state index is 0.0307. The van der Waals surface area contributed by atoms with Gasteiger partial charge in [-0.25, -0.2) is 4.39 Å². The lowest BCUT2D eigenvalue weighted by Gasteiger charge is -2.09. The number of aryl methyl sites for hydroxylation is 1. The molecule has 0 spiro atoms. The van der Waals surface area contributed by atoms with E-state index in [2.05, 4.69) is 5.32 Å². The standard InChI is InChI=1S/C13H10ClFN2O2/c1-8-5-9(15)7-10(6-8)16-12-4-2-3-11(14)13(12)17(18)19/h2-7,16H,1H3. The maximum absolute atomic E-state index is 13.3. The maximum atomic E-state index is 13.3. The van der Waals surface area contributed by atoms with Crippen LogP contribution in [0.1, 0.15) is 5.56 Å². The van der Waals surface area contributed by atoms with Crippen LogP contribution in [0.4, 0.5) is 21.5 Å². The summed E-state index contributed by atoms with van der Waals surface area (Å²) in [5.41, 5.74) is 1.14. The van der Waals surface area contributed by atoms with Crippen molar-refractivity contribution in [2.45, 2.75) is 6.92 Å². The van der Waals surface area contributed by atoms with Gasteiger partial charge in [-0.15, -0.1) is 0 Å². The molecule has 1 N–H and O–H groups in total. The number of para-hydroxylation sites is 1. The van der Waals surface area contributed by atoms with E-state index in [1.807, 2.05) is 0 Å². The van der Waals surface area contributed by atoms with Crippen LogP contribution in [0.25, 0.3) is 0 Å². The second kappa shape index (κ2) is 5.24. The first-order valence-electron chi connectivity index (χ1n) is 5.44. The van der Waals surface area contributed by atoms with Crippen LogP contribution >= 0.6 is 11.6 Å². The zero-order valence-electron chi connectivity index (χ0n) is 9.98. The van der Waals surface area contributed by atoms with E-state index in [1.165, 1.54) is 24.3 Å². The van der Waals surface area contributed by atoms with E-state index in [0.29, 0.717) is 11.3 Å². The van der Waals surface area contributed by atoms with E-state index in [4.69, 9.17) is 11.6 Å². The van der Waals surface area contributed by atoms with Crippen LogP contribution in [-0.4, -0.2) is 4.92 Å². The van der Waals surface area contributed by atoms with Gasteiger partial charge in [0, 0.05) is 5.69 Å². The van der Waals surface area contributed by atoms with Crippen molar-refractivity contribution >= 4 is 28.7 Å². The molecule has 0 heterocycles. The minimum Gasteiger partial charge on any atom is -0.350 e. The molecule has 0 aliphatic rings. The molecule has 0 radical (unpaired) electrons. The van der Waals surface area contributed by atoms with Gasteiger partial charge in [0.15, 0.2) is 0 Å². The summed E-state index contributed by atoms with van der Waals surface area (Å²) in [6, 6.07) is 8.86. The molecule has 98 valence electrons. The Labute approximate surface area is 114 Å². The van der Waals surface area contributed by atoms with Crippen LogP contribution in [-0.2, 0) is 0 Å².